The fraction of sp³-hybridized carbons (Fsp3) is 0.917. The summed E-state index contributed by atoms with van der Waals surface area (Å²) >= 11 is 0. The molecule has 1 aliphatic rings. The number of carbonyl (C=O) groups excluding carboxylic acids is 1. The first-order valence-corrected chi connectivity index (χ1v) is 6.30. The molecule has 1 heterocycles. The molecule has 0 aliphatic carbocycles. The van der Waals surface area contributed by atoms with E-state index in [0.717, 1.165) is 25.9 Å². The lowest BCUT2D eigenvalue weighted by Gasteiger charge is -2.24. The van der Waals surface area contributed by atoms with Crippen LogP contribution in [0.3, 0.4) is 0 Å². The molecule has 0 saturated carbocycles. The molecular formula is C12H24N2O2. The molecule has 0 spiro atoms. The molecule has 0 aromatic carbocycles. The Balaban J connectivity index is 2.23. The summed E-state index contributed by atoms with van der Waals surface area (Å²) in [5.41, 5.74) is 5.83. The van der Waals surface area contributed by atoms with Crippen molar-refractivity contribution in [2.24, 2.45) is 11.7 Å². The Bertz CT molecular complexity index is 215. The molecule has 1 fully saturated rings. The van der Waals surface area contributed by atoms with Gasteiger partial charge < -0.3 is 15.8 Å². The van der Waals surface area contributed by atoms with Gasteiger partial charge in [-0.05, 0) is 25.2 Å². The normalized spacial score (nSPS) is 24.8. The van der Waals surface area contributed by atoms with Crippen molar-refractivity contribution in [3.8, 4) is 0 Å². The van der Waals surface area contributed by atoms with Crippen molar-refractivity contribution < 1.29 is 9.53 Å². The molecule has 1 aliphatic heterocycles. The van der Waals surface area contributed by atoms with Crippen molar-refractivity contribution in [3.05, 3.63) is 0 Å². The summed E-state index contributed by atoms with van der Waals surface area (Å²) in [5.74, 6) is 0.177. The zero-order chi connectivity index (χ0) is 12.0. The largest absolute Gasteiger partial charge is 0.376 e. The van der Waals surface area contributed by atoms with Crippen LogP contribution in [0.4, 0.5) is 0 Å². The first-order valence-electron chi connectivity index (χ1n) is 6.30. The van der Waals surface area contributed by atoms with Crippen molar-refractivity contribution in [2.75, 3.05) is 13.2 Å². The summed E-state index contributed by atoms with van der Waals surface area (Å²) in [6, 6.07) is -0.395. The van der Waals surface area contributed by atoms with Gasteiger partial charge >= 0.3 is 0 Å². The lowest BCUT2D eigenvalue weighted by Crippen LogP contribution is -2.47. The Labute approximate surface area is 97.9 Å². The minimum absolute atomic E-state index is 0.0523. The third-order valence-electron chi connectivity index (χ3n) is 3.34. The monoisotopic (exact) mass is 228 g/mol. The molecule has 1 amide bonds. The van der Waals surface area contributed by atoms with Crippen LogP contribution in [0.2, 0.25) is 0 Å². The Morgan fingerprint density at radius 1 is 1.56 bits per heavy atom. The predicted molar refractivity (Wildman–Crippen MR) is 64.0 cm³/mol. The van der Waals surface area contributed by atoms with E-state index < -0.39 is 6.04 Å². The van der Waals surface area contributed by atoms with Crippen LogP contribution in [0.25, 0.3) is 0 Å². The van der Waals surface area contributed by atoms with E-state index >= 15 is 0 Å². The van der Waals surface area contributed by atoms with Gasteiger partial charge in [0.15, 0.2) is 0 Å². The Morgan fingerprint density at radius 3 is 2.88 bits per heavy atom. The van der Waals surface area contributed by atoms with Gasteiger partial charge in [0, 0.05) is 13.2 Å². The fourth-order valence-corrected chi connectivity index (χ4v) is 1.81. The third-order valence-corrected chi connectivity index (χ3v) is 3.34. The van der Waals surface area contributed by atoms with Gasteiger partial charge in [-0.15, -0.1) is 0 Å². The van der Waals surface area contributed by atoms with Crippen LogP contribution in [0.15, 0.2) is 0 Å². The SMILES string of the molecule is CCC(C)C(N)C(=O)NCC1CCCCO1. The molecular weight excluding hydrogens is 204 g/mol. The molecule has 4 nitrogen and oxygen atoms in total. The van der Waals surface area contributed by atoms with Crippen LogP contribution in [-0.4, -0.2) is 31.2 Å². The lowest BCUT2D eigenvalue weighted by molar-refractivity contribution is -0.124. The van der Waals surface area contributed by atoms with Crippen molar-refractivity contribution in [1.29, 1.82) is 0 Å². The van der Waals surface area contributed by atoms with Gasteiger partial charge in [0.1, 0.15) is 0 Å². The van der Waals surface area contributed by atoms with E-state index in [1.54, 1.807) is 0 Å². The van der Waals surface area contributed by atoms with Crippen LogP contribution in [-0.2, 0) is 9.53 Å². The van der Waals surface area contributed by atoms with Crippen LogP contribution < -0.4 is 11.1 Å². The molecule has 16 heavy (non-hydrogen) atoms. The summed E-state index contributed by atoms with van der Waals surface area (Å²) in [5, 5.41) is 2.88. The van der Waals surface area contributed by atoms with E-state index in [1.807, 2.05) is 13.8 Å². The van der Waals surface area contributed by atoms with E-state index in [4.69, 9.17) is 10.5 Å². The van der Waals surface area contributed by atoms with E-state index in [0.29, 0.717) is 6.54 Å². The summed E-state index contributed by atoms with van der Waals surface area (Å²) in [7, 11) is 0. The summed E-state index contributed by atoms with van der Waals surface area (Å²) < 4.78 is 5.54. The number of nitrogens with two attached hydrogens (primary N) is 1. The second-order valence-corrected chi connectivity index (χ2v) is 4.65. The molecule has 3 atom stereocenters. The first-order chi connectivity index (χ1) is 7.65. The molecule has 0 aromatic heterocycles. The van der Waals surface area contributed by atoms with E-state index in [2.05, 4.69) is 5.32 Å². The molecule has 0 aromatic rings. The Kier molecular flexibility index (Phi) is 5.77. The number of hydrogen-bond donors (Lipinski definition) is 2. The predicted octanol–water partition coefficient (Wildman–Crippen LogP) is 1.05. The highest BCUT2D eigenvalue weighted by Gasteiger charge is 2.21. The lowest BCUT2D eigenvalue weighted by atomic mass is 9.99. The number of nitrogens with one attached hydrogen (secondary N) is 1. The summed E-state index contributed by atoms with van der Waals surface area (Å²) in [6.07, 6.45) is 4.48. The fourth-order valence-electron chi connectivity index (χ4n) is 1.81. The van der Waals surface area contributed by atoms with Crippen LogP contribution in [0.5, 0.6) is 0 Å². The highest BCUT2D eigenvalue weighted by atomic mass is 16.5. The number of rotatable bonds is 5. The summed E-state index contributed by atoms with van der Waals surface area (Å²) in [4.78, 5) is 11.7. The van der Waals surface area contributed by atoms with Gasteiger partial charge in [0.05, 0.1) is 12.1 Å². The van der Waals surface area contributed by atoms with E-state index in [-0.39, 0.29) is 17.9 Å². The van der Waals surface area contributed by atoms with Crippen LogP contribution in [0.1, 0.15) is 39.5 Å². The highest BCUT2D eigenvalue weighted by molar-refractivity contribution is 5.81. The topological polar surface area (TPSA) is 64.4 Å². The van der Waals surface area contributed by atoms with E-state index in [9.17, 15) is 4.79 Å². The Hall–Kier alpha value is -0.610. The average molecular weight is 228 g/mol. The molecule has 0 radical (unpaired) electrons. The maximum Gasteiger partial charge on any atom is 0.237 e. The number of ether oxygens (including phenoxy) is 1. The second-order valence-electron chi connectivity index (χ2n) is 4.65. The maximum atomic E-state index is 11.7. The van der Waals surface area contributed by atoms with Crippen molar-refractivity contribution >= 4 is 5.91 Å². The van der Waals surface area contributed by atoms with Crippen molar-refractivity contribution in [3.63, 3.8) is 0 Å². The molecule has 1 saturated heterocycles. The van der Waals surface area contributed by atoms with Crippen molar-refractivity contribution in [1.82, 2.24) is 5.32 Å². The van der Waals surface area contributed by atoms with Gasteiger partial charge in [0.25, 0.3) is 0 Å². The highest BCUT2D eigenvalue weighted by Crippen LogP contribution is 2.12. The zero-order valence-corrected chi connectivity index (χ0v) is 10.4. The van der Waals surface area contributed by atoms with Gasteiger partial charge in [0.2, 0.25) is 5.91 Å². The number of carbonyl (C=O) groups is 1. The number of hydrogen-bond acceptors (Lipinski definition) is 3. The first kappa shape index (κ1) is 13.5. The summed E-state index contributed by atoms with van der Waals surface area (Å²) in [6.45, 7) is 5.46. The third kappa shape index (κ3) is 4.10. The molecule has 4 heteroatoms. The van der Waals surface area contributed by atoms with Gasteiger partial charge in [-0.25, -0.2) is 0 Å². The van der Waals surface area contributed by atoms with E-state index in [1.165, 1.54) is 6.42 Å². The second kappa shape index (κ2) is 6.86. The Morgan fingerprint density at radius 2 is 2.31 bits per heavy atom. The quantitative estimate of drug-likeness (QED) is 0.739. The number of amides is 1. The maximum absolute atomic E-state index is 11.7. The molecule has 3 unspecified atom stereocenters. The van der Waals surface area contributed by atoms with Gasteiger partial charge in [-0.1, -0.05) is 20.3 Å². The zero-order valence-electron chi connectivity index (χ0n) is 10.4. The smallest absolute Gasteiger partial charge is 0.237 e. The van der Waals surface area contributed by atoms with Crippen LogP contribution in [0, 0.1) is 5.92 Å². The molecule has 0 bridgehead atoms. The van der Waals surface area contributed by atoms with Gasteiger partial charge in [-0.3, -0.25) is 4.79 Å². The minimum atomic E-state index is -0.395. The van der Waals surface area contributed by atoms with Crippen molar-refractivity contribution in [2.45, 2.75) is 51.7 Å². The molecule has 3 N–H and O–H groups in total. The average Bonchev–Trinajstić information content (AvgIpc) is 2.35. The molecule has 94 valence electrons. The van der Waals surface area contributed by atoms with Crippen LogP contribution >= 0.6 is 0 Å². The van der Waals surface area contributed by atoms with Gasteiger partial charge in [-0.2, -0.15) is 0 Å². The minimum Gasteiger partial charge on any atom is -0.376 e. The standard InChI is InChI=1S/C12H24N2O2/c1-3-9(2)11(13)12(15)14-8-10-6-4-5-7-16-10/h9-11H,3-8,13H2,1-2H3,(H,14,15). The molecule has 1 rings (SSSR count).